The highest BCUT2D eigenvalue weighted by Gasteiger charge is 2.45. The number of phenolic OH excluding ortho intramolecular Hbond substituents is 1. The van der Waals surface area contributed by atoms with Crippen LogP contribution in [0, 0.1) is 0 Å². The van der Waals surface area contributed by atoms with Gasteiger partial charge in [0.25, 0.3) is 5.91 Å². The van der Waals surface area contributed by atoms with Gasteiger partial charge in [0, 0.05) is 5.92 Å². The Bertz CT molecular complexity index is 1480. The second kappa shape index (κ2) is 7.96. The summed E-state index contributed by atoms with van der Waals surface area (Å²) in [5.74, 6) is -0.271. The Balaban J connectivity index is 1.81. The number of aromatic hydroxyl groups is 1. The van der Waals surface area contributed by atoms with Crippen LogP contribution in [-0.2, 0) is 0 Å². The summed E-state index contributed by atoms with van der Waals surface area (Å²) in [4.78, 5) is 28.6. The van der Waals surface area contributed by atoms with Crippen LogP contribution in [0.2, 0.25) is 0 Å². The van der Waals surface area contributed by atoms with Crippen molar-refractivity contribution in [3.8, 4) is 11.5 Å². The van der Waals surface area contributed by atoms with Gasteiger partial charge in [0.05, 0.1) is 28.6 Å². The quantitative estimate of drug-likeness (QED) is 0.398. The molecule has 2 aromatic carbocycles. The molecule has 8 nitrogen and oxygen atoms in total. The molecule has 0 saturated carbocycles. The van der Waals surface area contributed by atoms with Gasteiger partial charge in [-0.2, -0.15) is 0 Å². The number of aromatic nitrogens is 2. The Morgan fingerprint density at radius 2 is 1.97 bits per heavy atom. The predicted molar refractivity (Wildman–Crippen MR) is 127 cm³/mol. The Morgan fingerprint density at radius 3 is 2.67 bits per heavy atom. The third-order valence-corrected chi connectivity index (χ3v) is 7.32. The normalized spacial score (nSPS) is 15.5. The van der Waals surface area contributed by atoms with Gasteiger partial charge in [-0.05, 0) is 45.8 Å². The van der Waals surface area contributed by atoms with E-state index in [0.717, 1.165) is 5.01 Å². The Kier molecular flexibility index (Phi) is 5.21. The average molecular weight is 528 g/mol. The second-order valence-corrected chi connectivity index (χ2v) is 9.72. The van der Waals surface area contributed by atoms with Crippen molar-refractivity contribution in [3.63, 3.8) is 0 Å². The minimum absolute atomic E-state index is 0.0341. The maximum Gasteiger partial charge on any atom is 0.297 e. The molecule has 1 amide bonds. The lowest BCUT2D eigenvalue weighted by Crippen LogP contribution is -2.29. The van der Waals surface area contributed by atoms with E-state index in [-0.39, 0.29) is 34.2 Å². The minimum atomic E-state index is -0.841. The molecule has 2 aromatic heterocycles. The summed E-state index contributed by atoms with van der Waals surface area (Å²) in [5.41, 5.74) is 0.788. The number of amides is 1. The molecule has 5 rings (SSSR count). The van der Waals surface area contributed by atoms with Gasteiger partial charge in [0.2, 0.25) is 10.9 Å². The number of hydrogen-bond donors (Lipinski definition) is 1. The van der Waals surface area contributed by atoms with Crippen LogP contribution in [0.1, 0.15) is 52.5 Å². The molecule has 168 valence electrons. The van der Waals surface area contributed by atoms with Crippen molar-refractivity contribution in [1.82, 2.24) is 10.2 Å². The molecule has 33 heavy (non-hydrogen) atoms. The first-order valence-corrected chi connectivity index (χ1v) is 11.7. The summed E-state index contributed by atoms with van der Waals surface area (Å²) < 4.78 is 11.6. The molecule has 10 heteroatoms. The van der Waals surface area contributed by atoms with Gasteiger partial charge in [0.1, 0.15) is 10.6 Å². The average Bonchev–Trinajstić information content (AvgIpc) is 3.39. The van der Waals surface area contributed by atoms with Crippen LogP contribution in [0.5, 0.6) is 11.5 Å². The number of anilines is 1. The zero-order valence-corrected chi connectivity index (χ0v) is 20.2. The summed E-state index contributed by atoms with van der Waals surface area (Å²) >= 11 is 4.62. The van der Waals surface area contributed by atoms with Crippen molar-refractivity contribution in [2.24, 2.45) is 0 Å². The highest BCUT2D eigenvalue weighted by atomic mass is 79.9. The van der Waals surface area contributed by atoms with Gasteiger partial charge in [0.15, 0.2) is 16.9 Å². The molecule has 0 aliphatic carbocycles. The van der Waals surface area contributed by atoms with Crippen LogP contribution in [-0.4, -0.2) is 28.3 Å². The van der Waals surface area contributed by atoms with E-state index < -0.39 is 11.9 Å². The number of methoxy groups -OCH3 is 1. The molecule has 4 aromatic rings. The van der Waals surface area contributed by atoms with Gasteiger partial charge in [-0.25, -0.2) is 0 Å². The van der Waals surface area contributed by atoms with E-state index in [1.54, 1.807) is 36.4 Å². The number of nitrogens with zero attached hydrogens (tertiary/aromatic N) is 3. The van der Waals surface area contributed by atoms with Crippen molar-refractivity contribution in [3.05, 3.63) is 73.0 Å². The molecular formula is C23H18BrN3O5S. The molecule has 1 aliphatic heterocycles. The third kappa shape index (κ3) is 3.32. The van der Waals surface area contributed by atoms with Crippen molar-refractivity contribution in [1.29, 1.82) is 0 Å². The van der Waals surface area contributed by atoms with E-state index in [0.29, 0.717) is 26.1 Å². The molecule has 0 saturated heterocycles. The molecule has 0 unspecified atom stereocenters. The molecule has 3 heterocycles. The van der Waals surface area contributed by atoms with E-state index in [2.05, 4.69) is 26.1 Å². The Labute approximate surface area is 200 Å². The molecule has 1 aliphatic rings. The number of para-hydroxylation sites is 1. The monoisotopic (exact) mass is 527 g/mol. The molecular weight excluding hydrogens is 510 g/mol. The van der Waals surface area contributed by atoms with Gasteiger partial charge < -0.3 is 14.3 Å². The van der Waals surface area contributed by atoms with Crippen molar-refractivity contribution in [2.75, 3.05) is 12.0 Å². The number of halogens is 1. The number of ether oxygens (including phenoxy) is 1. The molecule has 0 radical (unpaired) electrons. The maximum absolute atomic E-state index is 13.6. The molecule has 0 fully saturated rings. The standard InChI is InChI=1S/C23H18BrN3O5S/c1-10(2)21-25-26-23(33-21)27-17(11-8-13(24)19(29)15(9-11)31-3)16-18(28)12-6-4-5-7-14(12)32-20(16)22(27)30/h4-10,17,29H,1-3H3/t17-/m1/s1. The van der Waals surface area contributed by atoms with Crippen LogP contribution in [0.3, 0.4) is 0 Å². The third-order valence-electron chi connectivity index (χ3n) is 5.49. The van der Waals surface area contributed by atoms with Crippen LogP contribution in [0.15, 0.2) is 50.1 Å². The van der Waals surface area contributed by atoms with Crippen LogP contribution >= 0.6 is 27.3 Å². The molecule has 0 bridgehead atoms. The summed E-state index contributed by atoms with van der Waals surface area (Å²) in [6.07, 6.45) is 0. The first kappa shape index (κ1) is 21.6. The van der Waals surface area contributed by atoms with E-state index in [1.807, 2.05) is 13.8 Å². The number of phenols is 1. The van der Waals surface area contributed by atoms with Gasteiger partial charge in [-0.3, -0.25) is 14.5 Å². The second-order valence-electron chi connectivity index (χ2n) is 7.88. The fourth-order valence-corrected chi connectivity index (χ4v) is 5.23. The Hall–Kier alpha value is -3.24. The summed E-state index contributed by atoms with van der Waals surface area (Å²) in [7, 11) is 1.43. The summed E-state index contributed by atoms with van der Waals surface area (Å²) in [6, 6.07) is 9.22. The first-order valence-electron chi connectivity index (χ1n) is 10.1. The topological polar surface area (TPSA) is 106 Å². The fraction of sp³-hybridized carbons (Fsp3) is 0.217. The van der Waals surface area contributed by atoms with Crippen molar-refractivity contribution >= 4 is 49.3 Å². The molecule has 1 atom stereocenters. The van der Waals surface area contributed by atoms with E-state index >= 15 is 0 Å². The summed E-state index contributed by atoms with van der Waals surface area (Å²) in [5, 5.41) is 20.3. The SMILES string of the molecule is COc1cc([C@@H]2c3c(oc4ccccc4c3=O)C(=O)N2c2nnc(C(C)C)s2)cc(Br)c1O. The van der Waals surface area contributed by atoms with Crippen LogP contribution in [0.25, 0.3) is 11.0 Å². The molecule has 0 spiro atoms. The highest BCUT2D eigenvalue weighted by molar-refractivity contribution is 9.10. The minimum Gasteiger partial charge on any atom is -0.503 e. The van der Waals surface area contributed by atoms with Gasteiger partial charge in [-0.15, -0.1) is 10.2 Å². The van der Waals surface area contributed by atoms with Crippen molar-refractivity contribution < 1.29 is 19.1 Å². The first-order chi connectivity index (χ1) is 15.8. The lowest BCUT2D eigenvalue weighted by atomic mass is 9.98. The Morgan fingerprint density at radius 1 is 1.21 bits per heavy atom. The van der Waals surface area contributed by atoms with Gasteiger partial charge >= 0.3 is 0 Å². The summed E-state index contributed by atoms with van der Waals surface area (Å²) in [6.45, 7) is 3.98. The maximum atomic E-state index is 13.6. The zero-order chi connectivity index (χ0) is 23.4. The number of hydrogen-bond acceptors (Lipinski definition) is 8. The van der Waals surface area contributed by atoms with Crippen LogP contribution < -0.4 is 15.1 Å². The number of fused-ring (bicyclic) bond motifs is 2. The van der Waals surface area contributed by atoms with Gasteiger partial charge in [-0.1, -0.05) is 37.3 Å². The lowest BCUT2D eigenvalue weighted by molar-refractivity contribution is 0.0970. The van der Waals surface area contributed by atoms with E-state index in [9.17, 15) is 14.7 Å². The van der Waals surface area contributed by atoms with E-state index in [1.165, 1.54) is 23.3 Å². The number of carbonyl (C=O) groups excluding carboxylic acids is 1. The number of carbonyl (C=O) groups is 1. The predicted octanol–water partition coefficient (Wildman–Crippen LogP) is 4.99. The number of benzene rings is 2. The smallest absolute Gasteiger partial charge is 0.297 e. The number of rotatable bonds is 4. The largest absolute Gasteiger partial charge is 0.503 e. The lowest BCUT2D eigenvalue weighted by Gasteiger charge is -2.23. The zero-order valence-electron chi connectivity index (χ0n) is 17.8. The molecule has 1 N–H and O–H groups in total. The highest BCUT2D eigenvalue weighted by Crippen LogP contribution is 2.46. The van der Waals surface area contributed by atoms with Crippen LogP contribution in [0.4, 0.5) is 5.13 Å². The van der Waals surface area contributed by atoms with E-state index in [4.69, 9.17) is 9.15 Å². The fourth-order valence-electron chi connectivity index (χ4n) is 3.90. The van der Waals surface area contributed by atoms with Crippen molar-refractivity contribution in [2.45, 2.75) is 25.8 Å².